The Labute approximate surface area is 211 Å². The summed E-state index contributed by atoms with van der Waals surface area (Å²) in [6.07, 6.45) is 17.1. The molecule has 0 radical (unpaired) electrons. The summed E-state index contributed by atoms with van der Waals surface area (Å²) in [5.74, 6) is 5.22. The van der Waals surface area contributed by atoms with Crippen molar-refractivity contribution in [2.75, 3.05) is 13.2 Å². The van der Waals surface area contributed by atoms with Gasteiger partial charge in [-0.1, -0.05) is 58.7 Å². The van der Waals surface area contributed by atoms with Crippen LogP contribution >= 0.6 is 0 Å². The first-order valence-corrected chi connectivity index (χ1v) is 14.9. The van der Waals surface area contributed by atoms with Crippen LogP contribution in [0, 0.1) is 52.9 Å². The van der Waals surface area contributed by atoms with Crippen LogP contribution in [-0.2, 0) is 4.74 Å². The van der Waals surface area contributed by atoms with Gasteiger partial charge in [-0.3, -0.25) is 0 Å². The lowest BCUT2D eigenvalue weighted by Gasteiger charge is -2.60. The maximum absolute atomic E-state index is 6.28. The molecule has 0 aromatic carbocycles. The molecule has 0 amide bonds. The number of fused-ring (bicyclic) bond motifs is 5. The molecule has 4 rings (SSSR count). The van der Waals surface area contributed by atoms with Gasteiger partial charge in [-0.15, -0.1) is 0 Å². The van der Waals surface area contributed by atoms with Gasteiger partial charge < -0.3 is 10.5 Å². The average molecular weight is 472 g/mol. The predicted molar refractivity (Wildman–Crippen MR) is 144 cm³/mol. The zero-order valence-corrected chi connectivity index (χ0v) is 23.2. The van der Waals surface area contributed by atoms with Crippen LogP contribution in [0.25, 0.3) is 4.85 Å². The number of hydrogen-bond acceptors (Lipinski definition) is 2. The van der Waals surface area contributed by atoms with E-state index in [-0.39, 0.29) is 11.0 Å². The summed E-state index contributed by atoms with van der Waals surface area (Å²) in [6, 6.07) is 0. The largest absolute Gasteiger partial charge is 0.378 e. The molecule has 4 aliphatic carbocycles. The van der Waals surface area contributed by atoms with Crippen LogP contribution in [0.1, 0.15) is 118 Å². The third-order valence-electron chi connectivity index (χ3n) is 11.9. The van der Waals surface area contributed by atoms with Crippen molar-refractivity contribution in [1.82, 2.24) is 0 Å². The van der Waals surface area contributed by atoms with Crippen molar-refractivity contribution < 1.29 is 4.74 Å². The number of hydrogen-bond donors (Lipinski definition) is 1. The standard InChI is InChI=1S/C31H55N2O/c1-22(2)9-7-10-23(3)26-11-12-27-25-14-18-31(33-6)21-24(34-20-8-19-32)13-17-30(31,5)28(25)15-16-29(26,27)4/h6,22-28H,7-21,32H2,1-5H3/q+1/t23-,24?,25+,26-,27+,28+,29-,30-,31-/m1/s1. The second-order valence-electron chi connectivity index (χ2n) is 13.9. The Bertz CT molecular complexity index is 729. The Morgan fingerprint density at radius 2 is 1.74 bits per heavy atom. The molecular weight excluding hydrogens is 416 g/mol. The van der Waals surface area contributed by atoms with Gasteiger partial charge in [0, 0.05) is 13.0 Å². The highest BCUT2D eigenvalue weighted by Crippen LogP contribution is 2.70. The van der Waals surface area contributed by atoms with Crippen molar-refractivity contribution in [2.45, 2.75) is 130 Å². The molecule has 194 valence electrons. The summed E-state index contributed by atoms with van der Waals surface area (Å²) in [7, 11) is 0. The first-order chi connectivity index (χ1) is 16.2. The minimum Gasteiger partial charge on any atom is -0.378 e. The van der Waals surface area contributed by atoms with Crippen LogP contribution in [0.4, 0.5) is 0 Å². The van der Waals surface area contributed by atoms with Crippen LogP contribution in [0.15, 0.2) is 0 Å². The van der Waals surface area contributed by atoms with Crippen molar-refractivity contribution in [3.05, 3.63) is 4.85 Å². The molecule has 3 heteroatoms. The molecule has 4 saturated carbocycles. The molecule has 34 heavy (non-hydrogen) atoms. The number of nitrogens with zero attached hydrogens (tertiary/aromatic N) is 1. The van der Waals surface area contributed by atoms with Crippen molar-refractivity contribution >= 4 is 0 Å². The Balaban J connectivity index is 1.47. The lowest BCUT2D eigenvalue weighted by Crippen LogP contribution is -2.61. The van der Waals surface area contributed by atoms with Crippen molar-refractivity contribution in [1.29, 1.82) is 0 Å². The van der Waals surface area contributed by atoms with Gasteiger partial charge >= 0.3 is 0 Å². The van der Waals surface area contributed by atoms with E-state index < -0.39 is 0 Å². The van der Waals surface area contributed by atoms with Gasteiger partial charge in [-0.2, -0.15) is 0 Å². The first kappa shape index (κ1) is 26.5. The van der Waals surface area contributed by atoms with E-state index in [0.29, 0.717) is 18.1 Å². The molecule has 0 bridgehead atoms. The van der Waals surface area contributed by atoms with E-state index in [1.165, 1.54) is 70.6 Å². The molecule has 4 aliphatic rings. The molecule has 0 aromatic heterocycles. The highest BCUT2D eigenvalue weighted by Gasteiger charge is 2.70. The Hall–Kier alpha value is -0.590. The SMILES string of the molecule is C#[N+][C@@]12CC[C@H]3[C@@H]4CC[C@H]([C@H](C)CCCC(C)C)[C@@]4(C)CC[C@@H]3[C@@]1(C)CCC(OCCCN)C2. The lowest BCUT2D eigenvalue weighted by molar-refractivity contribution is -0.136. The summed E-state index contributed by atoms with van der Waals surface area (Å²) in [4.78, 5) is 4.73. The third-order valence-corrected chi connectivity index (χ3v) is 11.9. The first-order valence-electron chi connectivity index (χ1n) is 14.9. The van der Waals surface area contributed by atoms with Crippen molar-refractivity contribution in [3.63, 3.8) is 0 Å². The van der Waals surface area contributed by atoms with E-state index in [0.717, 1.165) is 55.0 Å². The third kappa shape index (κ3) is 4.49. The minimum atomic E-state index is -0.0876. The Kier molecular flexibility index (Phi) is 8.11. The molecule has 1 unspecified atom stereocenters. The topological polar surface area (TPSA) is 39.6 Å². The minimum absolute atomic E-state index is 0.0876. The highest BCUT2D eigenvalue weighted by atomic mass is 16.5. The molecule has 0 aliphatic heterocycles. The Morgan fingerprint density at radius 3 is 2.44 bits per heavy atom. The summed E-state index contributed by atoms with van der Waals surface area (Å²) >= 11 is 0. The molecule has 9 atom stereocenters. The molecule has 0 aromatic rings. The predicted octanol–water partition coefficient (Wildman–Crippen LogP) is 7.93. The van der Waals surface area contributed by atoms with Gasteiger partial charge in [0.15, 0.2) is 0 Å². The highest BCUT2D eigenvalue weighted by molar-refractivity contribution is 5.22. The maximum atomic E-state index is 6.28. The van der Waals surface area contributed by atoms with E-state index in [1.54, 1.807) is 0 Å². The number of nitrogens with two attached hydrogens (primary N) is 1. The van der Waals surface area contributed by atoms with Gasteiger partial charge in [0.2, 0.25) is 0 Å². The molecule has 0 saturated heterocycles. The average Bonchev–Trinajstić information content (AvgIpc) is 3.16. The van der Waals surface area contributed by atoms with E-state index in [4.69, 9.17) is 21.9 Å². The fourth-order valence-corrected chi connectivity index (χ4v) is 9.97. The fraction of sp³-hybridized carbons (Fsp3) is 0.968. The molecule has 0 spiro atoms. The molecular formula is C31H55N2O+. The molecule has 4 fully saturated rings. The van der Waals surface area contributed by atoms with E-state index in [2.05, 4.69) is 34.6 Å². The van der Waals surface area contributed by atoms with Gasteiger partial charge in [0.25, 0.3) is 12.1 Å². The maximum Gasteiger partial charge on any atom is 0.288 e. The summed E-state index contributed by atoms with van der Waals surface area (Å²) in [5.41, 5.74) is 6.40. The molecule has 3 nitrogen and oxygen atoms in total. The van der Waals surface area contributed by atoms with Crippen LogP contribution in [-0.4, -0.2) is 24.8 Å². The zero-order chi connectivity index (χ0) is 24.6. The normalized spacial score (nSPS) is 44.7. The van der Waals surface area contributed by atoms with Crippen LogP contribution < -0.4 is 5.73 Å². The smallest absolute Gasteiger partial charge is 0.288 e. The number of ether oxygens (including phenoxy) is 1. The summed E-state index contributed by atoms with van der Waals surface area (Å²) in [6.45, 7) is 20.4. The van der Waals surface area contributed by atoms with Gasteiger partial charge in [-0.25, -0.2) is 0 Å². The van der Waals surface area contributed by atoms with Crippen LogP contribution in [0.3, 0.4) is 0 Å². The fourth-order valence-electron chi connectivity index (χ4n) is 9.97. The summed E-state index contributed by atoms with van der Waals surface area (Å²) < 4.78 is 6.26. The quantitative estimate of drug-likeness (QED) is 0.347. The van der Waals surface area contributed by atoms with Crippen molar-refractivity contribution in [2.24, 2.45) is 52.1 Å². The zero-order valence-electron chi connectivity index (χ0n) is 23.2. The van der Waals surface area contributed by atoms with Crippen LogP contribution in [0.2, 0.25) is 0 Å². The van der Waals surface area contributed by atoms with E-state index in [9.17, 15) is 0 Å². The number of rotatable bonds is 9. The van der Waals surface area contributed by atoms with Crippen LogP contribution in [0.5, 0.6) is 0 Å². The van der Waals surface area contributed by atoms with Gasteiger partial charge in [0.05, 0.1) is 17.9 Å². The Morgan fingerprint density at radius 1 is 0.941 bits per heavy atom. The van der Waals surface area contributed by atoms with Gasteiger partial charge in [0.1, 0.15) is 0 Å². The lowest BCUT2D eigenvalue weighted by atomic mass is 9.42. The van der Waals surface area contributed by atoms with E-state index in [1.807, 2.05) is 0 Å². The van der Waals surface area contributed by atoms with E-state index >= 15 is 0 Å². The second kappa shape index (κ2) is 10.4. The summed E-state index contributed by atoms with van der Waals surface area (Å²) in [5, 5.41) is 0. The van der Waals surface area contributed by atoms with Gasteiger partial charge in [-0.05, 0) is 98.8 Å². The molecule has 2 N–H and O–H groups in total. The van der Waals surface area contributed by atoms with Crippen molar-refractivity contribution in [3.8, 4) is 6.57 Å². The molecule has 0 heterocycles. The monoisotopic (exact) mass is 471 g/mol. The second-order valence-corrected chi connectivity index (χ2v) is 13.9.